The van der Waals surface area contributed by atoms with Gasteiger partial charge in [0.2, 0.25) is 5.91 Å². The minimum Gasteiger partial charge on any atom is -0.323 e. The van der Waals surface area contributed by atoms with Gasteiger partial charge in [-0.15, -0.1) is 0 Å². The van der Waals surface area contributed by atoms with Gasteiger partial charge < -0.3 is 5.32 Å². The third-order valence-corrected chi connectivity index (χ3v) is 3.89. The van der Waals surface area contributed by atoms with Crippen LogP contribution in [0.3, 0.4) is 0 Å². The van der Waals surface area contributed by atoms with Gasteiger partial charge >= 0.3 is 0 Å². The zero-order chi connectivity index (χ0) is 15.7. The summed E-state index contributed by atoms with van der Waals surface area (Å²) in [6.45, 7) is 1.80. The monoisotopic (exact) mass is 317 g/mol. The summed E-state index contributed by atoms with van der Waals surface area (Å²) in [5.74, 6) is 0.106. The molecule has 22 heavy (non-hydrogen) atoms. The average Bonchev–Trinajstić information content (AvgIpc) is 3.29. The van der Waals surface area contributed by atoms with Crippen LogP contribution >= 0.6 is 11.6 Å². The zero-order valence-electron chi connectivity index (χ0n) is 12.2. The summed E-state index contributed by atoms with van der Waals surface area (Å²) < 4.78 is 1.20. The van der Waals surface area contributed by atoms with E-state index in [1.165, 1.54) is 10.7 Å². The SMILES string of the molecule is Cc1ccc(NC(=O)Cn2nc(C3CC3)ccc2=O)c(Cl)c1. The molecular weight excluding hydrogens is 302 g/mol. The first-order valence-corrected chi connectivity index (χ1v) is 7.55. The highest BCUT2D eigenvalue weighted by molar-refractivity contribution is 6.33. The molecule has 0 spiro atoms. The maximum atomic E-state index is 12.1. The van der Waals surface area contributed by atoms with E-state index in [0.717, 1.165) is 24.1 Å². The van der Waals surface area contributed by atoms with Gasteiger partial charge in [0, 0.05) is 12.0 Å². The third kappa shape index (κ3) is 3.36. The number of carbonyl (C=O) groups is 1. The molecule has 1 N–H and O–H groups in total. The van der Waals surface area contributed by atoms with Crippen molar-refractivity contribution in [1.82, 2.24) is 9.78 Å². The van der Waals surface area contributed by atoms with Crippen molar-refractivity contribution in [3.05, 3.63) is 57.0 Å². The minimum absolute atomic E-state index is 0.121. The topological polar surface area (TPSA) is 64.0 Å². The number of benzene rings is 1. The molecular formula is C16H16ClN3O2. The highest BCUT2D eigenvalue weighted by Gasteiger charge is 2.25. The van der Waals surface area contributed by atoms with E-state index in [9.17, 15) is 9.59 Å². The van der Waals surface area contributed by atoms with Crippen LogP contribution in [-0.4, -0.2) is 15.7 Å². The quantitative estimate of drug-likeness (QED) is 0.943. The molecule has 1 aliphatic carbocycles. The summed E-state index contributed by atoms with van der Waals surface area (Å²) in [6.07, 6.45) is 2.19. The molecule has 1 heterocycles. The lowest BCUT2D eigenvalue weighted by Gasteiger charge is -2.09. The fraction of sp³-hybridized carbons (Fsp3) is 0.312. The second-order valence-corrected chi connectivity index (χ2v) is 5.97. The fourth-order valence-corrected chi connectivity index (χ4v) is 2.50. The van der Waals surface area contributed by atoms with Crippen LogP contribution in [0.2, 0.25) is 5.02 Å². The first-order valence-electron chi connectivity index (χ1n) is 7.17. The second kappa shape index (κ2) is 5.93. The number of rotatable bonds is 4. The number of nitrogens with one attached hydrogen (secondary N) is 1. The van der Waals surface area contributed by atoms with Gasteiger partial charge in [-0.3, -0.25) is 9.59 Å². The lowest BCUT2D eigenvalue weighted by molar-refractivity contribution is -0.117. The molecule has 1 saturated carbocycles. The molecule has 5 nitrogen and oxygen atoms in total. The third-order valence-electron chi connectivity index (χ3n) is 3.57. The zero-order valence-corrected chi connectivity index (χ0v) is 12.9. The first kappa shape index (κ1) is 14.8. The predicted molar refractivity (Wildman–Crippen MR) is 85.3 cm³/mol. The van der Waals surface area contributed by atoms with E-state index in [1.807, 2.05) is 13.0 Å². The number of halogens is 1. The number of nitrogens with zero attached hydrogens (tertiary/aromatic N) is 2. The lowest BCUT2D eigenvalue weighted by atomic mass is 10.2. The molecule has 1 fully saturated rings. The van der Waals surface area contributed by atoms with Crippen LogP contribution in [0, 0.1) is 6.92 Å². The van der Waals surface area contributed by atoms with Crippen LogP contribution < -0.4 is 10.9 Å². The van der Waals surface area contributed by atoms with E-state index in [1.54, 1.807) is 18.2 Å². The summed E-state index contributed by atoms with van der Waals surface area (Å²) in [5.41, 5.74) is 2.14. The molecule has 0 radical (unpaired) electrons. The molecule has 1 amide bonds. The van der Waals surface area contributed by atoms with Crippen LogP contribution in [0.4, 0.5) is 5.69 Å². The number of amides is 1. The molecule has 0 bridgehead atoms. The summed E-state index contributed by atoms with van der Waals surface area (Å²) in [7, 11) is 0. The van der Waals surface area contributed by atoms with Crippen LogP contribution in [0.25, 0.3) is 0 Å². The Morgan fingerprint density at radius 2 is 2.14 bits per heavy atom. The standard InChI is InChI=1S/C16H16ClN3O2/c1-10-2-5-14(12(17)8-10)18-15(21)9-20-16(22)7-6-13(19-20)11-3-4-11/h2,5-8,11H,3-4,9H2,1H3,(H,18,21). The van der Waals surface area contributed by atoms with Crippen molar-refractivity contribution in [2.45, 2.75) is 32.2 Å². The Kier molecular flexibility index (Phi) is 3.98. The summed E-state index contributed by atoms with van der Waals surface area (Å²) in [5, 5.41) is 7.44. The van der Waals surface area contributed by atoms with Crippen molar-refractivity contribution in [1.29, 1.82) is 0 Å². The largest absolute Gasteiger partial charge is 0.323 e. The Hall–Kier alpha value is -2.14. The van der Waals surface area contributed by atoms with E-state index in [2.05, 4.69) is 10.4 Å². The highest BCUT2D eigenvalue weighted by atomic mass is 35.5. The molecule has 0 atom stereocenters. The van der Waals surface area contributed by atoms with Gasteiger partial charge in [-0.2, -0.15) is 5.10 Å². The van der Waals surface area contributed by atoms with Crippen molar-refractivity contribution in [2.75, 3.05) is 5.32 Å². The molecule has 1 aromatic heterocycles. The molecule has 6 heteroatoms. The van der Waals surface area contributed by atoms with Crippen molar-refractivity contribution >= 4 is 23.2 Å². The number of anilines is 1. The van der Waals surface area contributed by atoms with E-state index in [0.29, 0.717) is 16.6 Å². The Labute approximate surface area is 132 Å². The van der Waals surface area contributed by atoms with Gasteiger partial charge in [-0.25, -0.2) is 4.68 Å². The molecule has 0 aliphatic heterocycles. The Morgan fingerprint density at radius 3 is 2.82 bits per heavy atom. The maximum Gasteiger partial charge on any atom is 0.267 e. The normalized spacial score (nSPS) is 13.9. The van der Waals surface area contributed by atoms with Crippen molar-refractivity contribution in [3.8, 4) is 0 Å². The van der Waals surface area contributed by atoms with Crippen molar-refractivity contribution in [2.24, 2.45) is 0 Å². The van der Waals surface area contributed by atoms with E-state index < -0.39 is 0 Å². The number of hydrogen-bond donors (Lipinski definition) is 1. The van der Waals surface area contributed by atoms with Gasteiger partial charge in [0.15, 0.2) is 0 Å². The van der Waals surface area contributed by atoms with Crippen LogP contribution in [-0.2, 0) is 11.3 Å². The van der Waals surface area contributed by atoms with Gasteiger partial charge in [-0.1, -0.05) is 17.7 Å². The summed E-state index contributed by atoms with van der Waals surface area (Å²) >= 11 is 6.08. The second-order valence-electron chi connectivity index (χ2n) is 5.56. The van der Waals surface area contributed by atoms with Gasteiger partial charge in [0.05, 0.1) is 16.4 Å². The number of aryl methyl sites for hydroxylation is 1. The minimum atomic E-state index is -0.326. The lowest BCUT2D eigenvalue weighted by Crippen LogP contribution is -2.29. The molecule has 1 aliphatic rings. The van der Waals surface area contributed by atoms with E-state index in [-0.39, 0.29) is 18.0 Å². The van der Waals surface area contributed by atoms with Gasteiger partial charge in [-0.05, 0) is 43.5 Å². The van der Waals surface area contributed by atoms with Crippen LogP contribution in [0.15, 0.2) is 35.1 Å². The smallest absolute Gasteiger partial charge is 0.267 e. The average molecular weight is 318 g/mol. The molecule has 1 aromatic carbocycles. The molecule has 3 rings (SSSR count). The molecule has 0 saturated heterocycles. The Bertz CT molecular complexity index is 781. The molecule has 2 aromatic rings. The van der Waals surface area contributed by atoms with Crippen molar-refractivity contribution < 1.29 is 4.79 Å². The first-order chi connectivity index (χ1) is 10.5. The molecule has 0 unspecified atom stereocenters. The van der Waals surface area contributed by atoms with E-state index in [4.69, 9.17) is 11.6 Å². The number of hydrogen-bond acceptors (Lipinski definition) is 3. The number of carbonyl (C=O) groups excluding carboxylic acids is 1. The molecule has 114 valence electrons. The van der Waals surface area contributed by atoms with Crippen LogP contribution in [0.5, 0.6) is 0 Å². The predicted octanol–water partition coefficient (Wildman–Crippen LogP) is 2.72. The van der Waals surface area contributed by atoms with Gasteiger partial charge in [0.1, 0.15) is 6.54 Å². The Balaban J connectivity index is 1.74. The van der Waals surface area contributed by atoms with Crippen molar-refractivity contribution in [3.63, 3.8) is 0 Å². The summed E-state index contributed by atoms with van der Waals surface area (Å²) in [6, 6.07) is 8.58. The van der Waals surface area contributed by atoms with Crippen LogP contribution in [0.1, 0.15) is 30.0 Å². The van der Waals surface area contributed by atoms with E-state index >= 15 is 0 Å². The maximum absolute atomic E-state index is 12.1. The van der Waals surface area contributed by atoms with Gasteiger partial charge in [0.25, 0.3) is 5.56 Å². The Morgan fingerprint density at radius 1 is 1.36 bits per heavy atom. The summed E-state index contributed by atoms with van der Waals surface area (Å²) in [4.78, 5) is 23.9. The number of aromatic nitrogens is 2. The highest BCUT2D eigenvalue weighted by Crippen LogP contribution is 2.38. The fourth-order valence-electron chi connectivity index (χ4n) is 2.22.